The van der Waals surface area contributed by atoms with Crippen LogP contribution in [0.25, 0.3) is 21.3 Å². The van der Waals surface area contributed by atoms with Crippen LogP contribution in [0, 0.1) is 17.1 Å². The van der Waals surface area contributed by atoms with Gasteiger partial charge in [0.25, 0.3) is 0 Å². The van der Waals surface area contributed by atoms with Gasteiger partial charge in [0.1, 0.15) is 14.9 Å². The SMILES string of the molecule is N#Cc1cccc(S(=O)(=O)c2sc3ncc(N)cc3c2-c2cccc(F)c2)c1. The minimum Gasteiger partial charge on any atom is -0.397 e. The van der Waals surface area contributed by atoms with Gasteiger partial charge in [0.2, 0.25) is 9.84 Å². The first-order valence-corrected chi connectivity index (χ1v) is 10.4. The van der Waals surface area contributed by atoms with E-state index in [1.807, 2.05) is 6.07 Å². The lowest BCUT2D eigenvalue weighted by Crippen LogP contribution is -2.02. The highest BCUT2D eigenvalue weighted by molar-refractivity contribution is 7.93. The summed E-state index contributed by atoms with van der Waals surface area (Å²) in [5.41, 5.74) is 7.22. The van der Waals surface area contributed by atoms with Gasteiger partial charge in [-0.05, 0) is 42.0 Å². The van der Waals surface area contributed by atoms with Crippen molar-refractivity contribution in [3.05, 3.63) is 72.2 Å². The van der Waals surface area contributed by atoms with Crippen LogP contribution < -0.4 is 5.73 Å². The third kappa shape index (κ3) is 3.01. The second-order valence-corrected chi connectivity index (χ2v) is 9.18. The fourth-order valence-electron chi connectivity index (χ4n) is 2.92. The third-order valence-corrected chi connectivity index (χ3v) is 7.55. The van der Waals surface area contributed by atoms with Crippen LogP contribution in [0.1, 0.15) is 5.56 Å². The standard InChI is InChI=1S/C20H12FN3O2S2/c21-14-5-2-4-13(8-14)18-17-9-15(23)11-24-19(17)27-20(18)28(25,26)16-6-1-3-12(7-16)10-22/h1-9,11H,23H2. The number of anilines is 1. The zero-order chi connectivity index (χ0) is 19.9. The summed E-state index contributed by atoms with van der Waals surface area (Å²) in [6.07, 6.45) is 1.45. The van der Waals surface area contributed by atoms with Crippen molar-refractivity contribution in [3.63, 3.8) is 0 Å². The molecule has 0 atom stereocenters. The molecule has 138 valence electrons. The molecule has 2 N–H and O–H groups in total. The molecule has 0 aliphatic rings. The smallest absolute Gasteiger partial charge is 0.216 e. The van der Waals surface area contributed by atoms with Crippen LogP contribution in [-0.2, 0) is 9.84 Å². The second kappa shape index (κ2) is 6.71. The second-order valence-electron chi connectivity index (χ2n) is 6.04. The van der Waals surface area contributed by atoms with Crippen LogP contribution >= 0.6 is 11.3 Å². The number of sulfone groups is 1. The molecule has 0 aliphatic carbocycles. The van der Waals surface area contributed by atoms with Gasteiger partial charge in [-0.2, -0.15) is 5.26 Å². The number of pyridine rings is 1. The van der Waals surface area contributed by atoms with Crippen molar-refractivity contribution >= 4 is 37.1 Å². The predicted octanol–water partition coefficient (Wildman–Crippen LogP) is 4.39. The van der Waals surface area contributed by atoms with Crippen molar-refractivity contribution < 1.29 is 12.8 Å². The number of fused-ring (bicyclic) bond motifs is 1. The Morgan fingerprint density at radius 1 is 1.11 bits per heavy atom. The maximum absolute atomic E-state index is 13.9. The number of nitrogens with two attached hydrogens (primary N) is 1. The molecule has 0 bridgehead atoms. The van der Waals surface area contributed by atoms with Gasteiger partial charge in [-0.15, -0.1) is 11.3 Å². The van der Waals surface area contributed by atoms with Crippen molar-refractivity contribution in [2.45, 2.75) is 9.10 Å². The van der Waals surface area contributed by atoms with Gasteiger partial charge >= 0.3 is 0 Å². The average molecular weight is 409 g/mol. The highest BCUT2D eigenvalue weighted by Crippen LogP contribution is 2.43. The molecule has 4 rings (SSSR count). The largest absolute Gasteiger partial charge is 0.397 e. The van der Waals surface area contributed by atoms with Crippen LogP contribution in [0.4, 0.5) is 10.1 Å². The molecule has 0 radical (unpaired) electrons. The van der Waals surface area contributed by atoms with Crippen LogP contribution in [0.3, 0.4) is 0 Å². The highest BCUT2D eigenvalue weighted by atomic mass is 32.2. The van der Waals surface area contributed by atoms with Gasteiger partial charge in [-0.1, -0.05) is 18.2 Å². The topological polar surface area (TPSA) is 96.8 Å². The zero-order valence-corrected chi connectivity index (χ0v) is 15.9. The number of hydrogen-bond donors (Lipinski definition) is 1. The molecule has 5 nitrogen and oxygen atoms in total. The first-order chi connectivity index (χ1) is 13.4. The van der Waals surface area contributed by atoms with E-state index in [1.54, 1.807) is 12.1 Å². The maximum Gasteiger partial charge on any atom is 0.216 e. The van der Waals surface area contributed by atoms with E-state index in [9.17, 15) is 12.8 Å². The van der Waals surface area contributed by atoms with E-state index in [0.717, 1.165) is 11.3 Å². The number of hydrogen-bond acceptors (Lipinski definition) is 6. The molecule has 2 heterocycles. The quantitative estimate of drug-likeness (QED) is 0.541. The number of thiophene rings is 1. The highest BCUT2D eigenvalue weighted by Gasteiger charge is 2.28. The summed E-state index contributed by atoms with van der Waals surface area (Å²) in [6, 6.07) is 15.1. The Kier molecular flexibility index (Phi) is 4.34. The van der Waals surface area contributed by atoms with E-state index >= 15 is 0 Å². The van der Waals surface area contributed by atoms with E-state index in [-0.39, 0.29) is 14.7 Å². The molecular weight excluding hydrogens is 397 g/mol. The van der Waals surface area contributed by atoms with Crippen LogP contribution in [0.5, 0.6) is 0 Å². The fourth-order valence-corrected chi connectivity index (χ4v) is 6.02. The van der Waals surface area contributed by atoms with E-state index < -0.39 is 15.7 Å². The molecular formula is C20H12FN3O2S2. The molecule has 0 saturated heterocycles. The monoisotopic (exact) mass is 409 g/mol. The first kappa shape index (κ1) is 18.1. The molecule has 4 aromatic rings. The summed E-state index contributed by atoms with van der Waals surface area (Å²) in [6.45, 7) is 0. The van der Waals surface area contributed by atoms with Crippen LogP contribution in [-0.4, -0.2) is 13.4 Å². The van der Waals surface area contributed by atoms with Crippen LogP contribution in [0.15, 0.2) is 69.9 Å². The van der Waals surface area contributed by atoms with Gasteiger partial charge < -0.3 is 5.73 Å². The summed E-state index contributed by atoms with van der Waals surface area (Å²) < 4.78 is 40.7. The minimum atomic E-state index is -3.97. The van der Waals surface area contributed by atoms with Gasteiger partial charge in [-0.3, -0.25) is 0 Å². The Labute approximate surface area is 164 Å². The Morgan fingerprint density at radius 2 is 1.89 bits per heavy atom. The predicted molar refractivity (Wildman–Crippen MR) is 106 cm³/mol. The molecule has 0 spiro atoms. The summed E-state index contributed by atoms with van der Waals surface area (Å²) in [5.74, 6) is -0.483. The number of nitrogen functional groups attached to an aromatic ring is 1. The number of nitrogens with zero attached hydrogens (tertiary/aromatic N) is 2. The van der Waals surface area contributed by atoms with Gasteiger partial charge in [0, 0.05) is 10.9 Å². The zero-order valence-electron chi connectivity index (χ0n) is 14.3. The molecule has 8 heteroatoms. The fraction of sp³-hybridized carbons (Fsp3) is 0. The normalized spacial score (nSPS) is 11.4. The van der Waals surface area contributed by atoms with Crippen molar-refractivity contribution in [1.82, 2.24) is 4.98 Å². The molecule has 0 aliphatic heterocycles. The molecule has 0 saturated carbocycles. The molecule has 0 amide bonds. The summed E-state index contributed by atoms with van der Waals surface area (Å²) in [4.78, 5) is 4.70. The van der Waals surface area contributed by atoms with Crippen molar-refractivity contribution in [3.8, 4) is 17.2 Å². The Balaban J connectivity index is 2.07. The van der Waals surface area contributed by atoms with E-state index in [2.05, 4.69) is 4.98 Å². The molecule has 0 unspecified atom stereocenters. The van der Waals surface area contributed by atoms with Gasteiger partial charge in [0.15, 0.2) is 0 Å². The average Bonchev–Trinajstić information content (AvgIpc) is 3.07. The molecule has 2 aromatic carbocycles. The molecule has 0 fully saturated rings. The number of halogens is 1. The van der Waals surface area contributed by atoms with Crippen molar-refractivity contribution in [1.29, 1.82) is 5.26 Å². The number of rotatable bonds is 3. The lowest BCUT2D eigenvalue weighted by Gasteiger charge is -2.08. The number of benzene rings is 2. The van der Waals surface area contributed by atoms with Gasteiger partial charge in [-0.25, -0.2) is 17.8 Å². The van der Waals surface area contributed by atoms with Gasteiger partial charge in [0.05, 0.1) is 28.4 Å². The summed E-state index contributed by atoms with van der Waals surface area (Å²) in [5, 5.41) is 9.63. The minimum absolute atomic E-state index is 0.0104. The van der Waals surface area contributed by atoms with E-state index in [1.165, 1.54) is 48.7 Å². The lowest BCUT2D eigenvalue weighted by atomic mass is 10.1. The van der Waals surface area contributed by atoms with E-state index in [4.69, 9.17) is 11.0 Å². The van der Waals surface area contributed by atoms with Crippen molar-refractivity contribution in [2.75, 3.05) is 5.73 Å². The molecule has 28 heavy (non-hydrogen) atoms. The summed E-state index contributed by atoms with van der Waals surface area (Å²) in [7, 11) is -3.97. The Morgan fingerprint density at radius 3 is 2.64 bits per heavy atom. The Hall–Kier alpha value is -3.28. The third-order valence-electron chi connectivity index (χ3n) is 4.17. The lowest BCUT2D eigenvalue weighted by molar-refractivity contribution is 0.598. The van der Waals surface area contributed by atoms with E-state index in [0.29, 0.717) is 27.0 Å². The first-order valence-electron chi connectivity index (χ1n) is 8.09. The molecule has 2 aromatic heterocycles. The maximum atomic E-state index is 13.9. The number of nitriles is 1. The van der Waals surface area contributed by atoms with Crippen molar-refractivity contribution in [2.24, 2.45) is 0 Å². The van der Waals surface area contributed by atoms with Crippen LogP contribution in [0.2, 0.25) is 0 Å². The number of aromatic nitrogens is 1. The Bertz CT molecular complexity index is 1370. The summed E-state index contributed by atoms with van der Waals surface area (Å²) >= 11 is 0.989.